The molecule has 1 aromatic heterocycles. The minimum atomic E-state index is -0.763. The Labute approximate surface area is 126 Å². The molecule has 1 unspecified atom stereocenters. The summed E-state index contributed by atoms with van der Waals surface area (Å²) in [5.41, 5.74) is -0.281. The second-order valence-corrected chi connectivity index (χ2v) is 4.82. The Kier molecular flexibility index (Phi) is 5.21. The average Bonchev–Trinajstić information content (AvgIpc) is 2.96. The maximum atomic E-state index is 13.6. The maximum Gasteiger partial charge on any atom is 0.271 e. The molecule has 0 aliphatic heterocycles. The fraction of sp³-hybridized carbons (Fsp3) is 0.333. The van der Waals surface area contributed by atoms with Crippen molar-refractivity contribution in [1.82, 2.24) is 15.1 Å². The van der Waals surface area contributed by atoms with E-state index in [1.165, 1.54) is 18.3 Å². The second kappa shape index (κ2) is 7.13. The smallest absolute Gasteiger partial charge is 0.271 e. The molecular weight excluding hydrogens is 292 g/mol. The zero-order valence-electron chi connectivity index (χ0n) is 12.1. The van der Waals surface area contributed by atoms with Gasteiger partial charge in [0.05, 0.1) is 6.10 Å². The van der Waals surface area contributed by atoms with Crippen LogP contribution in [-0.4, -0.2) is 33.4 Å². The Balaban J connectivity index is 2.07. The molecule has 2 N–H and O–H groups in total. The molecule has 0 radical (unpaired) electrons. The number of amides is 1. The molecule has 2 aromatic rings. The summed E-state index contributed by atoms with van der Waals surface area (Å²) < 4.78 is 28.3. The van der Waals surface area contributed by atoms with Gasteiger partial charge in [0.15, 0.2) is 17.3 Å². The lowest BCUT2D eigenvalue weighted by atomic mass is 10.2. The van der Waals surface area contributed by atoms with Gasteiger partial charge in [-0.05, 0) is 31.0 Å². The van der Waals surface area contributed by atoms with Crippen LogP contribution in [0.1, 0.15) is 30.3 Å². The maximum absolute atomic E-state index is 13.6. The van der Waals surface area contributed by atoms with Gasteiger partial charge < -0.3 is 10.4 Å². The normalized spacial score (nSPS) is 12.2. The first-order chi connectivity index (χ1) is 10.5. The summed E-state index contributed by atoms with van der Waals surface area (Å²) in [6.07, 6.45) is 1.89. The molecule has 0 aliphatic rings. The van der Waals surface area contributed by atoms with Gasteiger partial charge in [-0.25, -0.2) is 13.5 Å². The monoisotopic (exact) mass is 309 g/mol. The summed E-state index contributed by atoms with van der Waals surface area (Å²) >= 11 is 0. The SMILES string of the molecule is CCC(O)CCNC(=O)c1ccn(-c2c(F)cccc2F)n1. The molecule has 1 aromatic carbocycles. The Morgan fingerprint density at radius 2 is 2.05 bits per heavy atom. The highest BCUT2D eigenvalue weighted by atomic mass is 19.1. The van der Waals surface area contributed by atoms with Gasteiger partial charge in [0.2, 0.25) is 0 Å². The van der Waals surface area contributed by atoms with Gasteiger partial charge in [0.1, 0.15) is 5.69 Å². The lowest BCUT2D eigenvalue weighted by Gasteiger charge is -2.07. The summed E-state index contributed by atoms with van der Waals surface area (Å²) in [6, 6.07) is 4.86. The number of nitrogens with zero attached hydrogens (tertiary/aromatic N) is 2. The summed E-state index contributed by atoms with van der Waals surface area (Å²) in [6.45, 7) is 2.14. The van der Waals surface area contributed by atoms with E-state index >= 15 is 0 Å². The fourth-order valence-corrected chi connectivity index (χ4v) is 1.92. The van der Waals surface area contributed by atoms with Crippen LogP contribution in [0.5, 0.6) is 0 Å². The minimum absolute atomic E-state index is 0.0497. The zero-order valence-corrected chi connectivity index (χ0v) is 12.1. The Hall–Kier alpha value is -2.28. The number of para-hydroxylation sites is 1. The van der Waals surface area contributed by atoms with E-state index in [-0.39, 0.29) is 11.4 Å². The van der Waals surface area contributed by atoms with Crippen LogP contribution in [-0.2, 0) is 0 Å². The van der Waals surface area contributed by atoms with Crippen molar-refractivity contribution in [1.29, 1.82) is 0 Å². The zero-order chi connectivity index (χ0) is 16.1. The van der Waals surface area contributed by atoms with Crippen molar-refractivity contribution in [2.24, 2.45) is 0 Å². The highest BCUT2D eigenvalue weighted by Crippen LogP contribution is 2.16. The molecule has 0 fully saturated rings. The number of nitrogens with one attached hydrogen (secondary N) is 1. The van der Waals surface area contributed by atoms with Crippen LogP contribution >= 0.6 is 0 Å². The third-order valence-corrected chi connectivity index (χ3v) is 3.22. The van der Waals surface area contributed by atoms with E-state index in [4.69, 9.17) is 0 Å². The predicted molar refractivity (Wildman–Crippen MR) is 76.7 cm³/mol. The lowest BCUT2D eigenvalue weighted by molar-refractivity contribution is 0.0936. The summed E-state index contributed by atoms with van der Waals surface area (Å²) in [5.74, 6) is -1.99. The highest BCUT2D eigenvalue weighted by molar-refractivity contribution is 5.92. The molecule has 0 saturated carbocycles. The largest absolute Gasteiger partial charge is 0.393 e. The first-order valence-corrected chi connectivity index (χ1v) is 6.99. The minimum Gasteiger partial charge on any atom is -0.393 e. The number of carbonyl (C=O) groups excluding carboxylic acids is 1. The van der Waals surface area contributed by atoms with Crippen LogP contribution < -0.4 is 5.32 Å². The number of halogens is 2. The van der Waals surface area contributed by atoms with Crippen LogP contribution in [0.3, 0.4) is 0 Å². The first-order valence-electron chi connectivity index (χ1n) is 6.99. The number of aromatic nitrogens is 2. The van der Waals surface area contributed by atoms with Crippen LogP contribution in [0.25, 0.3) is 5.69 Å². The van der Waals surface area contributed by atoms with E-state index in [1.807, 2.05) is 6.92 Å². The molecule has 118 valence electrons. The number of hydrogen-bond donors (Lipinski definition) is 2. The summed E-state index contributed by atoms with van der Waals surface area (Å²) in [4.78, 5) is 11.9. The van der Waals surface area contributed by atoms with Gasteiger partial charge in [-0.3, -0.25) is 4.79 Å². The molecule has 0 aliphatic carbocycles. The lowest BCUT2D eigenvalue weighted by Crippen LogP contribution is -2.27. The average molecular weight is 309 g/mol. The topological polar surface area (TPSA) is 67.2 Å². The van der Waals surface area contributed by atoms with Crippen LogP contribution in [0, 0.1) is 11.6 Å². The second-order valence-electron chi connectivity index (χ2n) is 4.82. The number of rotatable bonds is 6. The number of hydrogen-bond acceptors (Lipinski definition) is 3. The Bertz CT molecular complexity index is 638. The van der Waals surface area contributed by atoms with Gasteiger partial charge in [0.25, 0.3) is 5.91 Å². The number of benzene rings is 1. The van der Waals surface area contributed by atoms with Crippen LogP contribution in [0.2, 0.25) is 0 Å². The Morgan fingerprint density at radius 3 is 2.68 bits per heavy atom. The molecule has 1 heterocycles. The molecule has 0 bridgehead atoms. The van der Waals surface area contributed by atoms with E-state index in [2.05, 4.69) is 10.4 Å². The number of carbonyl (C=O) groups is 1. The molecular formula is C15H17F2N3O2. The van der Waals surface area contributed by atoms with Crippen molar-refractivity contribution in [3.63, 3.8) is 0 Å². The fourth-order valence-electron chi connectivity index (χ4n) is 1.92. The van der Waals surface area contributed by atoms with Crippen molar-refractivity contribution in [3.05, 3.63) is 47.8 Å². The summed E-state index contributed by atoms with van der Waals surface area (Å²) in [5, 5.41) is 15.9. The van der Waals surface area contributed by atoms with Crippen molar-refractivity contribution >= 4 is 5.91 Å². The highest BCUT2D eigenvalue weighted by Gasteiger charge is 2.15. The van der Waals surface area contributed by atoms with Gasteiger partial charge in [0, 0.05) is 12.7 Å². The van der Waals surface area contributed by atoms with Gasteiger partial charge in [-0.2, -0.15) is 5.10 Å². The van der Waals surface area contributed by atoms with Crippen molar-refractivity contribution in [3.8, 4) is 5.69 Å². The molecule has 1 atom stereocenters. The molecule has 5 nitrogen and oxygen atoms in total. The Morgan fingerprint density at radius 1 is 1.36 bits per heavy atom. The van der Waals surface area contributed by atoms with Crippen molar-refractivity contribution in [2.45, 2.75) is 25.9 Å². The molecule has 7 heteroatoms. The van der Waals surface area contributed by atoms with Gasteiger partial charge in [-0.1, -0.05) is 13.0 Å². The van der Waals surface area contributed by atoms with E-state index in [1.54, 1.807) is 0 Å². The van der Waals surface area contributed by atoms with Gasteiger partial charge in [-0.15, -0.1) is 0 Å². The van der Waals surface area contributed by atoms with Gasteiger partial charge >= 0.3 is 0 Å². The van der Waals surface area contributed by atoms with Crippen molar-refractivity contribution < 1.29 is 18.7 Å². The van der Waals surface area contributed by atoms with E-state index in [0.29, 0.717) is 19.4 Å². The third-order valence-electron chi connectivity index (χ3n) is 3.22. The molecule has 22 heavy (non-hydrogen) atoms. The molecule has 0 saturated heterocycles. The van der Waals surface area contributed by atoms with E-state index in [9.17, 15) is 18.7 Å². The summed E-state index contributed by atoms with van der Waals surface area (Å²) in [7, 11) is 0. The molecule has 0 spiro atoms. The van der Waals surface area contributed by atoms with Crippen LogP contribution in [0.4, 0.5) is 8.78 Å². The first kappa shape index (κ1) is 16.1. The number of aliphatic hydroxyl groups excluding tert-OH is 1. The van der Waals surface area contributed by atoms with E-state index in [0.717, 1.165) is 16.8 Å². The third kappa shape index (κ3) is 3.67. The standard InChI is InChI=1S/C15H17F2N3O2/c1-2-10(21)6-8-18-15(22)13-7-9-20(19-13)14-11(16)4-3-5-12(14)17/h3-5,7,9-10,21H,2,6,8H2,1H3,(H,18,22). The predicted octanol–water partition coefficient (Wildman–Crippen LogP) is 2.04. The van der Waals surface area contributed by atoms with E-state index < -0.39 is 23.6 Å². The van der Waals surface area contributed by atoms with Crippen molar-refractivity contribution in [2.75, 3.05) is 6.54 Å². The quantitative estimate of drug-likeness (QED) is 0.858. The number of aliphatic hydroxyl groups is 1. The van der Waals surface area contributed by atoms with Crippen LogP contribution in [0.15, 0.2) is 30.5 Å². The molecule has 2 rings (SSSR count). The molecule has 1 amide bonds.